The highest BCUT2D eigenvalue weighted by molar-refractivity contribution is 5.62. The van der Waals surface area contributed by atoms with Gasteiger partial charge in [0.15, 0.2) is 0 Å². The summed E-state index contributed by atoms with van der Waals surface area (Å²) in [6.45, 7) is 19.9. The molecule has 1 N–H and O–H groups in total. The topological polar surface area (TPSA) is 21.3 Å². The SMILES string of the molecule is CC(C)c1cc(C(C)C)c(NCC2CCCO2)c(C(C)C)c1.CCCC. The van der Waals surface area contributed by atoms with E-state index < -0.39 is 0 Å². The summed E-state index contributed by atoms with van der Waals surface area (Å²) in [6.07, 6.45) is 5.41. The maximum Gasteiger partial charge on any atom is 0.0748 e. The first kappa shape index (κ1) is 23.0. The van der Waals surface area contributed by atoms with Crippen LogP contribution in [0, 0.1) is 0 Å². The summed E-state index contributed by atoms with van der Waals surface area (Å²) in [7, 11) is 0. The van der Waals surface area contributed by atoms with E-state index in [1.807, 2.05) is 0 Å². The minimum absolute atomic E-state index is 0.379. The number of rotatable bonds is 7. The lowest BCUT2D eigenvalue weighted by molar-refractivity contribution is 0.120. The van der Waals surface area contributed by atoms with Crippen molar-refractivity contribution in [1.82, 2.24) is 0 Å². The molecule has 1 fully saturated rings. The molecule has 0 saturated carbocycles. The number of ether oxygens (including phenoxy) is 1. The van der Waals surface area contributed by atoms with Crippen molar-refractivity contribution in [2.75, 3.05) is 18.5 Å². The van der Waals surface area contributed by atoms with Crippen molar-refractivity contribution < 1.29 is 4.74 Å². The molecule has 150 valence electrons. The first-order chi connectivity index (χ1) is 12.3. The number of hydrogen-bond donors (Lipinski definition) is 1. The average molecular weight is 362 g/mol. The Morgan fingerprint density at radius 1 is 0.923 bits per heavy atom. The molecule has 2 heteroatoms. The molecule has 0 bridgehead atoms. The molecule has 2 nitrogen and oxygen atoms in total. The fraction of sp³-hybridized carbons (Fsp3) is 0.750. The largest absolute Gasteiger partial charge is 0.382 e. The van der Waals surface area contributed by atoms with E-state index in [-0.39, 0.29) is 0 Å². The Balaban J connectivity index is 0.000000765. The molecular weight excluding hydrogens is 318 g/mol. The van der Waals surface area contributed by atoms with E-state index in [1.165, 1.54) is 48.1 Å². The highest BCUT2D eigenvalue weighted by atomic mass is 16.5. The van der Waals surface area contributed by atoms with E-state index in [1.54, 1.807) is 0 Å². The van der Waals surface area contributed by atoms with Crippen LogP contribution in [-0.2, 0) is 4.74 Å². The van der Waals surface area contributed by atoms with Gasteiger partial charge in [-0.25, -0.2) is 0 Å². The van der Waals surface area contributed by atoms with Gasteiger partial charge in [-0.2, -0.15) is 0 Å². The van der Waals surface area contributed by atoms with Crippen LogP contribution in [-0.4, -0.2) is 19.3 Å². The zero-order valence-electron chi connectivity index (χ0n) is 18.6. The summed E-state index contributed by atoms with van der Waals surface area (Å²) in [5.41, 5.74) is 5.71. The maximum absolute atomic E-state index is 5.77. The highest BCUT2D eigenvalue weighted by Crippen LogP contribution is 2.36. The fourth-order valence-corrected chi connectivity index (χ4v) is 3.18. The van der Waals surface area contributed by atoms with Gasteiger partial charge in [0.25, 0.3) is 0 Å². The van der Waals surface area contributed by atoms with Crippen LogP contribution in [0.25, 0.3) is 0 Å². The van der Waals surface area contributed by atoms with Crippen LogP contribution in [0.3, 0.4) is 0 Å². The van der Waals surface area contributed by atoms with Crippen molar-refractivity contribution >= 4 is 5.69 Å². The quantitative estimate of drug-likeness (QED) is 0.544. The Bertz CT molecular complexity index is 482. The Hall–Kier alpha value is -1.02. The zero-order chi connectivity index (χ0) is 19.7. The van der Waals surface area contributed by atoms with Gasteiger partial charge in [0.2, 0.25) is 0 Å². The number of unbranched alkanes of at least 4 members (excludes halogenated alkanes) is 1. The number of nitrogens with one attached hydrogen (secondary N) is 1. The van der Waals surface area contributed by atoms with E-state index in [4.69, 9.17) is 4.74 Å². The predicted molar refractivity (Wildman–Crippen MR) is 117 cm³/mol. The van der Waals surface area contributed by atoms with Crippen molar-refractivity contribution in [3.05, 3.63) is 28.8 Å². The molecule has 1 aliphatic heterocycles. The lowest BCUT2D eigenvalue weighted by atomic mass is 9.87. The third-order valence-corrected chi connectivity index (χ3v) is 5.16. The summed E-state index contributed by atoms with van der Waals surface area (Å²) in [5.74, 6) is 1.63. The molecule has 0 spiro atoms. The van der Waals surface area contributed by atoms with Gasteiger partial charge < -0.3 is 10.1 Å². The predicted octanol–water partition coefficient (Wildman–Crippen LogP) is 7.45. The third-order valence-electron chi connectivity index (χ3n) is 5.16. The van der Waals surface area contributed by atoms with Gasteiger partial charge in [-0.15, -0.1) is 0 Å². The van der Waals surface area contributed by atoms with Gasteiger partial charge in [0.05, 0.1) is 6.10 Å². The number of benzene rings is 1. The molecule has 1 heterocycles. The van der Waals surface area contributed by atoms with Gasteiger partial charge in [0.1, 0.15) is 0 Å². The molecule has 1 aliphatic rings. The van der Waals surface area contributed by atoms with E-state index >= 15 is 0 Å². The molecule has 26 heavy (non-hydrogen) atoms. The van der Waals surface area contributed by atoms with Crippen molar-refractivity contribution in [1.29, 1.82) is 0 Å². The summed E-state index contributed by atoms with van der Waals surface area (Å²) in [6, 6.07) is 4.80. The van der Waals surface area contributed by atoms with E-state index in [9.17, 15) is 0 Å². The molecule has 0 amide bonds. The second-order valence-corrected chi connectivity index (χ2v) is 8.55. The number of anilines is 1. The molecule has 0 radical (unpaired) electrons. The summed E-state index contributed by atoms with van der Waals surface area (Å²) < 4.78 is 5.77. The maximum atomic E-state index is 5.77. The second-order valence-electron chi connectivity index (χ2n) is 8.55. The molecule has 2 rings (SSSR count). The summed E-state index contributed by atoms with van der Waals surface area (Å²) in [4.78, 5) is 0. The van der Waals surface area contributed by atoms with Crippen molar-refractivity contribution in [2.24, 2.45) is 0 Å². The fourth-order valence-electron chi connectivity index (χ4n) is 3.18. The Labute approximate surface area is 163 Å². The molecule has 0 aliphatic carbocycles. The summed E-state index contributed by atoms with van der Waals surface area (Å²) >= 11 is 0. The Kier molecular flexibility index (Phi) is 10.3. The van der Waals surface area contributed by atoms with Crippen LogP contribution in [0.1, 0.15) is 116 Å². The van der Waals surface area contributed by atoms with Gasteiger partial charge in [-0.3, -0.25) is 0 Å². The van der Waals surface area contributed by atoms with Gasteiger partial charge >= 0.3 is 0 Å². The van der Waals surface area contributed by atoms with Gasteiger partial charge in [0, 0.05) is 18.8 Å². The monoisotopic (exact) mass is 361 g/mol. The minimum atomic E-state index is 0.379. The van der Waals surface area contributed by atoms with Gasteiger partial charge in [-0.05, 0) is 47.3 Å². The lowest BCUT2D eigenvalue weighted by Crippen LogP contribution is -2.20. The third kappa shape index (κ3) is 6.95. The molecule has 1 aromatic carbocycles. The van der Waals surface area contributed by atoms with Crippen LogP contribution in [0.5, 0.6) is 0 Å². The molecular formula is C24H43NO. The Morgan fingerprint density at radius 3 is 1.81 bits per heavy atom. The van der Waals surface area contributed by atoms with Crippen LogP contribution in [0.15, 0.2) is 12.1 Å². The van der Waals surface area contributed by atoms with E-state index in [0.29, 0.717) is 23.9 Å². The van der Waals surface area contributed by atoms with Crippen LogP contribution >= 0.6 is 0 Å². The molecule has 0 aromatic heterocycles. The van der Waals surface area contributed by atoms with E-state index in [2.05, 4.69) is 72.8 Å². The van der Waals surface area contributed by atoms with Crippen LogP contribution < -0.4 is 5.32 Å². The smallest absolute Gasteiger partial charge is 0.0748 e. The van der Waals surface area contributed by atoms with Crippen molar-refractivity contribution in [2.45, 2.75) is 105 Å². The van der Waals surface area contributed by atoms with E-state index in [0.717, 1.165) is 13.2 Å². The standard InChI is InChI=1S/C20H33NO.C4H10/c1-13(2)16-10-18(14(3)4)20(19(11-16)15(5)6)21-12-17-8-7-9-22-17;1-3-4-2/h10-11,13-15,17,21H,7-9,12H2,1-6H3;3-4H2,1-2H3. The van der Waals surface area contributed by atoms with Crippen molar-refractivity contribution in [3.8, 4) is 0 Å². The Morgan fingerprint density at radius 2 is 1.46 bits per heavy atom. The van der Waals surface area contributed by atoms with Crippen molar-refractivity contribution in [3.63, 3.8) is 0 Å². The molecule has 1 saturated heterocycles. The lowest BCUT2D eigenvalue weighted by Gasteiger charge is -2.24. The highest BCUT2D eigenvalue weighted by Gasteiger charge is 2.20. The summed E-state index contributed by atoms with van der Waals surface area (Å²) in [5, 5.41) is 3.73. The van der Waals surface area contributed by atoms with Crippen LogP contribution in [0.2, 0.25) is 0 Å². The first-order valence-electron chi connectivity index (χ1n) is 10.8. The first-order valence-corrected chi connectivity index (χ1v) is 10.8. The van der Waals surface area contributed by atoms with Gasteiger partial charge in [-0.1, -0.05) is 80.4 Å². The number of hydrogen-bond acceptors (Lipinski definition) is 2. The average Bonchev–Trinajstić information content (AvgIpc) is 3.12. The molecule has 1 atom stereocenters. The molecule has 1 unspecified atom stereocenters. The second kappa shape index (κ2) is 11.6. The normalized spacial score (nSPS) is 17.0. The molecule has 1 aromatic rings. The minimum Gasteiger partial charge on any atom is -0.382 e. The zero-order valence-corrected chi connectivity index (χ0v) is 18.6. The van der Waals surface area contributed by atoms with Crippen LogP contribution in [0.4, 0.5) is 5.69 Å².